The van der Waals surface area contributed by atoms with Crippen molar-refractivity contribution < 1.29 is 9.18 Å². The van der Waals surface area contributed by atoms with Crippen LogP contribution in [0, 0.1) is 5.82 Å². The first-order valence-electron chi connectivity index (χ1n) is 3.76. The Bertz CT molecular complexity index is 366. The molecule has 1 aromatic rings. The van der Waals surface area contributed by atoms with Gasteiger partial charge in [0.1, 0.15) is 12.1 Å². The van der Waals surface area contributed by atoms with Crippen molar-refractivity contribution in [2.75, 3.05) is 0 Å². The van der Waals surface area contributed by atoms with Crippen molar-refractivity contribution in [3.05, 3.63) is 41.2 Å². The van der Waals surface area contributed by atoms with E-state index in [1.54, 1.807) is 18.2 Å². The summed E-state index contributed by atoms with van der Waals surface area (Å²) < 4.78 is 13.1. The molecule has 1 aromatic carbocycles. The minimum absolute atomic E-state index is 0.222. The Balaban J connectivity index is 2.60. The Labute approximate surface area is 69.5 Å². The molecule has 0 saturated carbocycles. The molecule has 1 nitrogen and oxygen atoms in total. The lowest BCUT2D eigenvalue weighted by atomic mass is 10.1. The summed E-state index contributed by atoms with van der Waals surface area (Å²) in [6.07, 6.45) is 3.06. The van der Waals surface area contributed by atoms with Crippen molar-refractivity contribution in [1.82, 2.24) is 0 Å². The van der Waals surface area contributed by atoms with Crippen molar-refractivity contribution in [3.8, 4) is 0 Å². The summed E-state index contributed by atoms with van der Waals surface area (Å²) >= 11 is 0. The second kappa shape index (κ2) is 2.55. The van der Waals surface area contributed by atoms with Crippen LogP contribution < -0.4 is 0 Å². The third kappa shape index (κ3) is 0.881. The van der Waals surface area contributed by atoms with Gasteiger partial charge in [-0.05, 0) is 23.6 Å². The lowest BCUT2D eigenvalue weighted by Gasteiger charge is -1.99. The molecular weight excluding hydrogens is 155 g/mol. The SMILES string of the molecule is O=CC1=CCc2c(F)cccc21. The highest BCUT2D eigenvalue weighted by molar-refractivity contribution is 6.09. The molecule has 0 fully saturated rings. The molecule has 12 heavy (non-hydrogen) atoms. The van der Waals surface area contributed by atoms with Crippen molar-refractivity contribution in [2.24, 2.45) is 0 Å². The zero-order valence-corrected chi connectivity index (χ0v) is 6.38. The van der Waals surface area contributed by atoms with Crippen molar-refractivity contribution >= 4 is 11.9 Å². The quantitative estimate of drug-likeness (QED) is 0.577. The van der Waals surface area contributed by atoms with E-state index in [9.17, 15) is 9.18 Å². The summed E-state index contributed by atoms with van der Waals surface area (Å²) in [6, 6.07) is 4.81. The summed E-state index contributed by atoms with van der Waals surface area (Å²) in [5, 5.41) is 0. The van der Waals surface area contributed by atoms with Crippen LogP contribution in [-0.4, -0.2) is 6.29 Å². The molecule has 2 rings (SSSR count). The van der Waals surface area contributed by atoms with Gasteiger partial charge < -0.3 is 0 Å². The minimum Gasteiger partial charge on any atom is -0.298 e. The van der Waals surface area contributed by atoms with E-state index in [0.717, 1.165) is 11.8 Å². The molecule has 0 spiro atoms. The van der Waals surface area contributed by atoms with Crippen LogP contribution in [0.25, 0.3) is 5.57 Å². The average Bonchev–Trinajstić information content (AvgIpc) is 2.49. The number of rotatable bonds is 1. The molecule has 0 N–H and O–H groups in total. The van der Waals surface area contributed by atoms with E-state index in [-0.39, 0.29) is 5.82 Å². The zero-order chi connectivity index (χ0) is 8.55. The summed E-state index contributed by atoms with van der Waals surface area (Å²) in [7, 11) is 0. The number of hydrogen-bond donors (Lipinski definition) is 0. The van der Waals surface area contributed by atoms with Crippen molar-refractivity contribution in [3.63, 3.8) is 0 Å². The molecule has 0 amide bonds. The highest BCUT2D eigenvalue weighted by Crippen LogP contribution is 2.27. The predicted molar refractivity (Wildman–Crippen MR) is 44.1 cm³/mol. The van der Waals surface area contributed by atoms with Gasteiger partial charge in [0.2, 0.25) is 0 Å². The van der Waals surface area contributed by atoms with E-state index in [1.165, 1.54) is 6.07 Å². The molecule has 1 aliphatic rings. The Morgan fingerprint density at radius 2 is 2.25 bits per heavy atom. The lowest BCUT2D eigenvalue weighted by molar-refractivity contribution is -0.103. The Hall–Kier alpha value is -1.44. The fourth-order valence-corrected chi connectivity index (χ4v) is 1.47. The molecule has 0 aliphatic heterocycles. The largest absolute Gasteiger partial charge is 0.298 e. The van der Waals surface area contributed by atoms with Gasteiger partial charge in [-0.1, -0.05) is 18.2 Å². The van der Waals surface area contributed by atoms with Gasteiger partial charge in [0.15, 0.2) is 0 Å². The second-order valence-corrected chi connectivity index (χ2v) is 2.75. The Morgan fingerprint density at radius 3 is 3.00 bits per heavy atom. The smallest absolute Gasteiger partial charge is 0.150 e. The van der Waals surface area contributed by atoms with Gasteiger partial charge in [-0.25, -0.2) is 4.39 Å². The van der Waals surface area contributed by atoms with Gasteiger partial charge in [-0.3, -0.25) is 4.79 Å². The topological polar surface area (TPSA) is 17.1 Å². The second-order valence-electron chi connectivity index (χ2n) is 2.75. The molecule has 0 radical (unpaired) electrons. The maximum Gasteiger partial charge on any atom is 0.150 e. The predicted octanol–water partition coefficient (Wildman–Crippen LogP) is 1.96. The lowest BCUT2D eigenvalue weighted by Crippen LogP contribution is -1.89. The summed E-state index contributed by atoms with van der Waals surface area (Å²) in [4.78, 5) is 10.5. The molecule has 0 aromatic heterocycles. The van der Waals surface area contributed by atoms with E-state index in [2.05, 4.69) is 0 Å². The Morgan fingerprint density at radius 1 is 1.42 bits per heavy atom. The monoisotopic (exact) mass is 162 g/mol. The average molecular weight is 162 g/mol. The van der Waals surface area contributed by atoms with Crippen LogP contribution >= 0.6 is 0 Å². The number of fused-ring (bicyclic) bond motifs is 1. The van der Waals surface area contributed by atoms with Gasteiger partial charge in [-0.15, -0.1) is 0 Å². The molecule has 1 aliphatic carbocycles. The molecule has 0 bridgehead atoms. The van der Waals surface area contributed by atoms with Crippen LogP contribution in [0.4, 0.5) is 4.39 Å². The van der Waals surface area contributed by atoms with Crippen LogP contribution in [0.2, 0.25) is 0 Å². The van der Waals surface area contributed by atoms with Crippen LogP contribution in [0.5, 0.6) is 0 Å². The van der Waals surface area contributed by atoms with Gasteiger partial charge in [0.25, 0.3) is 0 Å². The van der Waals surface area contributed by atoms with Gasteiger partial charge in [-0.2, -0.15) is 0 Å². The van der Waals surface area contributed by atoms with Crippen LogP contribution in [0.3, 0.4) is 0 Å². The maximum absolute atomic E-state index is 13.1. The van der Waals surface area contributed by atoms with Crippen LogP contribution in [0.1, 0.15) is 11.1 Å². The highest BCUT2D eigenvalue weighted by Gasteiger charge is 2.15. The molecular formula is C10H7FO. The number of aldehydes is 1. The minimum atomic E-state index is -0.222. The van der Waals surface area contributed by atoms with Gasteiger partial charge >= 0.3 is 0 Å². The van der Waals surface area contributed by atoms with E-state index in [0.29, 0.717) is 17.6 Å². The molecule has 0 saturated heterocycles. The van der Waals surface area contributed by atoms with Gasteiger partial charge in [0, 0.05) is 5.57 Å². The first kappa shape index (κ1) is 7.22. The van der Waals surface area contributed by atoms with Crippen LogP contribution in [0.15, 0.2) is 24.3 Å². The summed E-state index contributed by atoms with van der Waals surface area (Å²) in [5.41, 5.74) is 1.98. The number of benzene rings is 1. The first-order valence-corrected chi connectivity index (χ1v) is 3.76. The Kier molecular flexibility index (Phi) is 1.54. The van der Waals surface area contributed by atoms with E-state index >= 15 is 0 Å². The highest BCUT2D eigenvalue weighted by atomic mass is 19.1. The molecule has 60 valence electrons. The van der Waals surface area contributed by atoms with Crippen molar-refractivity contribution in [2.45, 2.75) is 6.42 Å². The fraction of sp³-hybridized carbons (Fsp3) is 0.100. The number of carbonyl (C=O) groups is 1. The number of hydrogen-bond acceptors (Lipinski definition) is 1. The van der Waals surface area contributed by atoms with E-state index in [4.69, 9.17) is 0 Å². The molecule has 0 unspecified atom stereocenters. The molecule has 0 atom stereocenters. The van der Waals surface area contributed by atoms with Crippen LogP contribution in [-0.2, 0) is 11.2 Å². The zero-order valence-electron chi connectivity index (χ0n) is 6.38. The number of allylic oxidation sites excluding steroid dienone is 2. The maximum atomic E-state index is 13.1. The first-order chi connectivity index (χ1) is 5.83. The normalized spacial score (nSPS) is 13.9. The van der Waals surface area contributed by atoms with E-state index in [1.807, 2.05) is 0 Å². The third-order valence-corrected chi connectivity index (χ3v) is 2.08. The fourth-order valence-electron chi connectivity index (χ4n) is 1.47. The third-order valence-electron chi connectivity index (χ3n) is 2.08. The summed E-state index contributed by atoms with van der Waals surface area (Å²) in [6.45, 7) is 0. The molecule has 0 heterocycles. The molecule has 2 heteroatoms. The standard InChI is InChI=1S/C10H7FO/c11-10-3-1-2-8-7(6-12)4-5-9(8)10/h1-4,6H,5H2. The van der Waals surface area contributed by atoms with Gasteiger partial charge in [0.05, 0.1) is 0 Å². The van der Waals surface area contributed by atoms with E-state index < -0.39 is 0 Å². The number of halogens is 1. The summed E-state index contributed by atoms with van der Waals surface area (Å²) in [5.74, 6) is -0.222. The van der Waals surface area contributed by atoms with Crippen molar-refractivity contribution in [1.29, 1.82) is 0 Å². The number of carbonyl (C=O) groups excluding carboxylic acids is 1.